The van der Waals surface area contributed by atoms with Crippen molar-refractivity contribution >= 4 is 45.8 Å². The van der Waals surface area contributed by atoms with Crippen LogP contribution in [0.1, 0.15) is 0 Å². The van der Waals surface area contributed by atoms with Crippen molar-refractivity contribution < 1.29 is 4.74 Å². The lowest BCUT2D eigenvalue weighted by molar-refractivity contribution is 0.415. The lowest BCUT2D eigenvalue weighted by Gasteiger charge is -2.07. The Kier molecular flexibility index (Phi) is 3.32. The highest BCUT2D eigenvalue weighted by Crippen LogP contribution is 2.25. The number of nitrogens with one attached hydrogen (secondary N) is 1. The Morgan fingerprint density at radius 1 is 1.21 bits per heavy atom. The minimum Gasteiger partial charge on any atom is -0.497 e. The molecule has 0 aliphatic rings. The van der Waals surface area contributed by atoms with Gasteiger partial charge in [0.15, 0.2) is 4.77 Å². The van der Waals surface area contributed by atoms with Gasteiger partial charge in [-0.25, -0.2) is 0 Å². The summed E-state index contributed by atoms with van der Waals surface area (Å²) in [5, 5.41) is 0. The number of imidazole rings is 1. The van der Waals surface area contributed by atoms with E-state index in [0.29, 0.717) is 4.77 Å². The predicted octanol–water partition coefficient (Wildman–Crippen LogP) is 4.30. The Bertz CT molecular complexity index is 807. The third-order valence-electron chi connectivity index (χ3n) is 2.98. The highest BCUT2D eigenvalue weighted by Gasteiger charge is 2.09. The number of hydrogen-bond acceptors (Lipinski definition) is 2. The number of ether oxygens (including phenoxy) is 1. The molecule has 2 aromatic carbocycles. The second-order valence-corrected chi connectivity index (χ2v) is 5.65. The normalized spacial score (nSPS) is 10.8. The zero-order valence-corrected chi connectivity index (χ0v) is 13.2. The fourth-order valence-electron chi connectivity index (χ4n) is 2.09. The molecule has 0 aliphatic heterocycles. The van der Waals surface area contributed by atoms with Gasteiger partial charge in [-0.2, -0.15) is 0 Å². The number of H-pyrrole nitrogens is 1. The number of methoxy groups -OCH3 is 1. The molecular weight excluding hydrogens is 371 g/mol. The summed E-state index contributed by atoms with van der Waals surface area (Å²) < 4.78 is 9.13. The van der Waals surface area contributed by atoms with Crippen LogP contribution in [0, 0.1) is 8.34 Å². The molecule has 5 heteroatoms. The van der Waals surface area contributed by atoms with Crippen molar-refractivity contribution in [3.05, 3.63) is 50.8 Å². The molecule has 0 spiro atoms. The first kappa shape index (κ1) is 12.7. The smallest absolute Gasteiger partial charge is 0.182 e. The van der Waals surface area contributed by atoms with Gasteiger partial charge >= 0.3 is 0 Å². The first-order valence-corrected chi connectivity index (χ1v) is 7.23. The van der Waals surface area contributed by atoms with Crippen LogP contribution in [0.4, 0.5) is 0 Å². The van der Waals surface area contributed by atoms with Crippen LogP contribution in [0.3, 0.4) is 0 Å². The minimum absolute atomic E-state index is 0.687. The number of halogens is 1. The molecular formula is C14H11IN2OS. The Hall–Kier alpha value is -1.34. The van der Waals surface area contributed by atoms with Gasteiger partial charge in [-0.1, -0.05) is 12.1 Å². The minimum atomic E-state index is 0.687. The van der Waals surface area contributed by atoms with E-state index in [1.165, 1.54) is 0 Å². The van der Waals surface area contributed by atoms with E-state index in [0.717, 1.165) is 26.0 Å². The molecule has 0 atom stereocenters. The standard InChI is InChI=1S/C14H11IN2OS/c1-18-9-6-7-13-11(8-9)16-14(19)17(13)12-5-3-2-4-10(12)15/h2-8H,1H3,(H,16,19). The second-order valence-electron chi connectivity index (χ2n) is 4.10. The molecule has 0 bridgehead atoms. The average Bonchev–Trinajstić information content (AvgIpc) is 2.74. The Morgan fingerprint density at radius 2 is 2.00 bits per heavy atom. The molecule has 1 N–H and O–H groups in total. The molecule has 0 radical (unpaired) electrons. The van der Waals surface area contributed by atoms with E-state index in [1.807, 2.05) is 34.9 Å². The third kappa shape index (κ3) is 2.17. The summed E-state index contributed by atoms with van der Waals surface area (Å²) in [6.07, 6.45) is 0. The third-order valence-corrected chi connectivity index (χ3v) is 4.18. The van der Waals surface area contributed by atoms with Crippen molar-refractivity contribution in [1.82, 2.24) is 9.55 Å². The van der Waals surface area contributed by atoms with Gasteiger partial charge in [0.25, 0.3) is 0 Å². The summed E-state index contributed by atoms with van der Waals surface area (Å²) in [7, 11) is 1.66. The van der Waals surface area contributed by atoms with Gasteiger partial charge in [0.05, 0.1) is 23.8 Å². The van der Waals surface area contributed by atoms with Gasteiger partial charge in [0, 0.05) is 9.64 Å². The molecule has 0 fully saturated rings. The molecule has 3 nitrogen and oxygen atoms in total. The van der Waals surface area contributed by atoms with Crippen molar-refractivity contribution in [2.75, 3.05) is 7.11 Å². The number of para-hydroxylation sites is 1. The predicted molar refractivity (Wildman–Crippen MR) is 87.7 cm³/mol. The van der Waals surface area contributed by atoms with Crippen LogP contribution >= 0.6 is 34.8 Å². The monoisotopic (exact) mass is 382 g/mol. The number of fused-ring (bicyclic) bond motifs is 1. The van der Waals surface area contributed by atoms with Crippen LogP contribution < -0.4 is 4.74 Å². The van der Waals surface area contributed by atoms with Crippen molar-refractivity contribution in [2.24, 2.45) is 0 Å². The number of aromatic nitrogens is 2. The van der Waals surface area contributed by atoms with E-state index in [1.54, 1.807) is 7.11 Å². The lowest BCUT2D eigenvalue weighted by atomic mass is 10.2. The molecule has 3 aromatic rings. The van der Waals surface area contributed by atoms with Gasteiger partial charge in [-0.3, -0.25) is 4.57 Å². The fraction of sp³-hybridized carbons (Fsp3) is 0.0714. The number of benzene rings is 2. The maximum absolute atomic E-state index is 5.44. The van der Waals surface area contributed by atoms with Crippen molar-refractivity contribution in [1.29, 1.82) is 0 Å². The number of aromatic amines is 1. The lowest BCUT2D eigenvalue weighted by Crippen LogP contribution is -1.96. The van der Waals surface area contributed by atoms with E-state index in [9.17, 15) is 0 Å². The maximum atomic E-state index is 5.44. The zero-order chi connectivity index (χ0) is 13.4. The van der Waals surface area contributed by atoms with Crippen LogP contribution in [-0.2, 0) is 0 Å². The first-order chi connectivity index (χ1) is 9.20. The van der Waals surface area contributed by atoms with Gasteiger partial charge in [-0.15, -0.1) is 0 Å². The summed E-state index contributed by atoms with van der Waals surface area (Å²) in [4.78, 5) is 3.22. The maximum Gasteiger partial charge on any atom is 0.182 e. The topological polar surface area (TPSA) is 29.9 Å². The first-order valence-electron chi connectivity index (χ1n) is 5.74. The van der Waals surface area contributed by atoms with Crippen molar-refractivity contribution in [3.63, 3.8) is 0 Å². The molecule has 3 rings (SSSR count). The highest BCUT2D eigenvalue weighted by molar-refractivity contribution is 14.1. The van der Waals surface area contributed by atoms with Crippen LogP contribution in [-0.4, -0.2) is 16.7 Å². The van der Waals surface area contributed by atoms with Gasteiger partial charge in [0.2, 0.25) is 0 Å². The number of hydrogen-bond donors (Lipinski definition) is 1. The van der Waals surface area contributed by atoms with E-state index < -0.39 is 0 Å². The quantitative estimate of drug-likeness (QED) is 0.529. The van der Waals surface area contributed by atoms with E-state index in [-0.39, 0.29) is 0 Å². The van der Waals surface area contributed by atoms with Crippen LogP contribution in [0.15, 0.2) is 42.5 Å². The Labute approximate surface area is 129 Å². The largest absolute Gasteiger partial charge is 0.497 e. The van der Waals surface area contributed by atoms with Crippen LogP contribution in [0.2, 0.25) is 0 Å². The van der Waals surface area contributed by atoms with Crippen LogP contribution in [0.5, 0.6) is 5.75 Å². The zero-order valence-electron chi connectivity index (χ0n) is 10.2. The molecule has 19 heavy (non-hydrogen) atoms. The van der Waals surface area contributed by atoms with Crippen molar-refractivity contribution in [2.45, 2.75) is 0 Å². The molecule has 0 aliphatic carbocycles. The Morgan fingerprint density at radius 3 is 2.74 bits per heavy atom. The number of rotatable bonds is 2. The summed E-state index contributed by atoms with van der Waals surface area (Å²) in [5.74, 6) is 0.818. The molecule has 0 saturated carbocycles. The molecule has 1 heterocycles. The molecule has 0 saturated heterocycles. The molecule has 1 aromatic heterocycles. The molecule has 0 amide bonds. The van der Waals surface area contributed by atoms with E-state index in [4.69, 9.17) is 17.0 Å². The average molecular weight is 382 g/mol. The van der Waals surface area contributed by atoms with Gasteiger partial charge in [-0.05, 0) is 59.1 Å². The van der Waals surface area contributed by atoms with E-state index in [2.05, 4.69) is 39.7 Å². The summed E-state index contributed by atoms with van der Waals surface area (Å²) in [5.41, 5.74) is 3.11. The SMILES string of the molecule is COc1ccc2c(c1)[nH]c(=S)n2-c1ccccc1I. The summed E-state index contributed by atoms with van der Waals surface area (Å²) in [6, 6.07) is 14.1. The van der Waals surface area contributed by atoms with E-state index >= 15 is 0 Å². The summed E-state index contributed by atoms with van der Waals surface area (Å²) >= 11 is 7.76. The molecule has 0 unspecified atom stereocenters. The van der Waals surface area contributed by atoms with Gasteiger partial charge < -0.3 is 9.72 Å². The van der Waals surface area contributed by atoms with Crippen molar-refractivity contribution in [3.8, 4) is 11.4 Å². The highest BCUT2D eigenvalue weighted by atomic mass is 127. The number of nitrogens with zero attached hydrogens (tertiary/aromatic N) is 1. The summed E-state index contributed by atoms with van der Waals surface area (Å²) in [6.45, 7) is 0. The van der Waals surface area contributed by atoms with Gasteiger partial charge in [0.1, 0.15) is 5.75 Å². The molecule has 96 valence electrons. The fourth-order valence-corrected chi connectivity index (χ4v) is 3.03. The Balaban J connectivity index is 2.33. The van der Waals surface area contributed by atoms with Crippen LogP contribution in [0.25, 0.3) is 16.7 Å². The second kappa shape index (κ2) is 4.97.